The van der Waals surface area contributed by atoms with Crippen molar-refractivity contribution in [2.24, 2.45) is 5.73 Å². The van der Waals surface area contributed by atoms with Crippen molar-refractivity contribution in [3.05, 3.63) is 98.5 Å². The van der Waals surface area contributed by atoms with E-state index in [0.29, 0.717) is 72.8 Å². The van der Waals surface area contributed by atoms with Crippen LogP contribution in [-0.4, -0.2) is 72.0 Å². The zero-order chi connectivity index (χ0) is 35.4. The maximum absolute atomic E-state index is 14.7. The molecule has 1 saturated heterocycles. The van der Waals surface area contributed by atoms with Gasteiger partial charge in [-0.1, -0.05) is 53.5 Å². The van der Waals surface area contributed by atoms with Crippen LogP contribution in [0.25, 0.3) is 5.57 Å². The van der Waals surface area contributed by atoms with Crippen molar-refractivity contribution in [2.45, 2.75) is 77.0 Å². The monoisotopic (exact) mass is 718 g/mol. The van der Waals surface area contributed by atoms with Crippen LogP contribution in [0.4, 0.5) is 0 Å². The number of carbonyl (C=O) groups is 3. The highest BCUT2D eigenvalue weighted by atomic mass is 35.5. The second kappa shape index (κ2) is 15.9. The highest BCUT2D eigenvalue weighted by Gasteiger charge is 2.43. The van der Waals surface area contributed by atoms with Crippen molar-refractivity contribution in [2.75, 3.05) is 26.3 Å². The van der Waals surface area contributed by atoms with Crippen LogP contribution in [0.2, 0.25) is 10.0 Å². The van der Waals surface area contributed by atoms with Crippen LogP contribution < -0.4 is 20.5 Å². The zero-order valence-corrected chi connectivity index (χ0v) is 30.1. The van der Waals surface area contributed by atoms with Crippen molar-refractivity contribution in [1.29, 1.82) is 0 Å². The fourth-order valence-electron chi connectivity index (χ4n) is 6.79. The average Bonchev–Trinajstić information content (AvgIpc) is 3.93. The number of piperazine rings is 1. The highest BCUT2D eigenvalue weighted by Crippen LogP contribution is 2.38. The first kappa shape index (κ1) is 35.8. The topological polar surface area (TPSA) is 114 Å². The van der Waals surface area contributed by atoms with Crippen LogP contribution in [0.15, 0.2) is 66.2 Å². The van der Waals surface area contributed by atoms with Crippen molar-refractivity contribution in [3.8, 4) is 11.5 Å². The molecule has 1 saturated carbocycles. The third-order valence-electron chi connectivity index (χ3n) is 9.71. The Morgan fingerprint density at radius 3 is 2.36 bits per heavy atom. The molecule has 11 heteroatoms. The van der Waals surface area contributed by atoms with E-state index in [1.807, 2.05) is 84.3 Å². The van der Waals surface area contributed by atoms with Gasteiger partial charge in [-0.2, -0.15) is 0 Å². The van der Waals surface area contributed by atoms with Gasteiger partial charge in [-0.05, 0) is 97.7 Å². The van der Waals surface area contributed by atoms with Gasteiger partial charge in [0.15, 0.2) is 0 Å². The molecule has 50 heavy (non-hydrogen) atoms. The van der Waals surface area contributed by atoms with E-state index < -0.39 is 5.91 Å². The first-order valence-electron chi connectivity index (χ1n) is 17.3. The predicted molar refractivity (Wildman–Crippen MR) is 195 cm³/mol. The number of hydrogen-bond acceptors (Lipinski definition) is 6. The number of rotatable bonds is 14. The average molecular weight is 720 g/mol. The van der Waals surface area contributed by atoms with Gasteiger partial charge in [-0.3, -0.25) is 14.4 Å². The fraction of sp³-hybridized carbons (Fsp3) is 0.410. The third kappa shape index (κ3) is 8.63. The summed E-state index contributed by atoms with van der Waals surface area (Å²) in [6.45, 7) is 6.01. The molecule has 3 N–H and O–H groups in total. The summed E-state index contributed by atoms with van der Waals surface area (Å²) in [4.78, 5) is 43.0. The van der Waals surface area contributed by atoms with Gasteiger partial charge in [0.1, 0.15) is 24.7 Å². The highest BCUT2D eigenvalue weighted by molar-refractivity contribution is 6.32. The molecule has 2 heterocycles. The van der Waals surface area contributed by atoms with Gasteiger partial charge in [-0.15, -0.1) is 0 Å². The summed E-state index contributed by atoms with van der Waals surface area (Å²) in [5.41, 5.74) is 11.0. The minimum absolute atomic E-state index is 0.0244. The van der Waals surface area contributed by atoms with E-state index >= 15 is 0 Å². The zero-order valence-electron chi connectivity index (χ0n) is 28.6. The standard InChI is InChI=1S/C39H44Cl2N4O5/c1-24-18-33(41)35(19-25(24)2)50-17-16-49-30-14-10-26(11-15-30)31-20-28-22-44(37(47)9-5-8-36(42)46)23-34(43-28)38(31)39(48)45(29-12-13-29)21-27-6-3-4-7-32(27)40/h3-4,6-7,10-11,14-15,18-19,28-29,34,43H,5,8-9,12-13,16-17,20-23H2,1-2H3,(H2,42,46)/t28-,34-/m1/s1. The van der Waals surface area contributed by atoms with Gasteiger partial charge < -0.3 is 30.3 Å². The number of benzene rings is 3. The van der Waals surface area contributed by atoms with E-state index in [1.165, 1.54) is 0 Å². The van der Waals surface area contributed by atoms with Crippen molar-refractivity contribution in [3.63, 3.8) is 0 Å². The Bertz CT molecular complexity index is 1770. The molecule has 264 valence electrons. The number of ether oxygens (including phenoxy) is 2. The number of carbonyl (C=O) groups excluding carboxylic acids is 3. The number of fused-ring (bicyclic) bond motifs is 2. The molecule has 2 atom stereocenters. The molecule has 3 aromatic rings. The van der Waals surface area contributed by atoms with Crippen LogP contribution in [0.1, 0.15) is 60.8 Å². The maximum atomic E-state index is 14.7. The first-order chi connectivity index (χ1) is 24.1. The van der Waals surface area contributed by atoms with Crippen LogP contribution in [-0.2, 0) is 20.9 Å². The molecule has 2 bridgehead atoms. The normalized spacial score (nSPS) is 18.5. The summed E-state index contributed by atoms with van der Waals surface area (Å²) in [5.74, 6) is 0.843. The number of nitrogens with one attached hydrogen (secondary N) is 1. The lowest BCUT2D eigenvalue weighted by atomic mass is 9.82. The summed E-state index contributed by atoms with van der Waals surface area (Å²) in [6.07, 6.45) is 3.29. The summed E-state index contributed by atoms with van der Waals surface area (Å²) >= 11 is 12.9. The quantitative estimate of drug-likeness (QED) is 0.191. The van der Waals surface area contributed by atoms with Crippen molar-refractivity contribution in [1.82, 2.24) is 15.1 Å². The lowest BCUT2D eigenvalue weighted by Crippen LogP contribution is -2.62. The van der Waals surface area contributed by atoms with Gasteiger partial charge in [-0.25, -0.2) is 0 Å². The van der Waals surface area contributed by atoms with Crippen LogP contribution in [0, 0.1) is 13.8 Å². The van der Waals surface area contributed by atoms with Gasteiger partial charge in [0, 0.05) is 55.2 Å². The summed E-state index contributed by atoms with van der Waals surface area (Å²) < 4.78 is 11.9. The Balaban J connectivity index is 1.22. The van der Waals surface area contributed by atoms with Crippen LogP contribution in [0.5, 0.6) is 11.5 Å². The van der Waals surface area contributed by atoms with E-state index in [0.717, 1.165) is 40.7 Å². The van der Waals surface area contributed by atoms with Crippen molar-refractivity contribution >= 4 is 46.5 Å². The smallest absolute Gasteiger partial charge is 0.252 e. The number of nitrogens with zero attached hydrogens (tertiary/aromatic N) is 2. The lowest BCUT2D eigenvalue weighted by Gasteiger charge is -2.45. The molecule has 6 rings (SSSR count). The number of primary amides is 1. The van der Waals surface area contributed by atoms with E-state index in [4.69, 9.17) is 38.4 Å². The van der Waals surface area contributed by atoms with Crippen LogP contribution in [0.3, 0.4) is 0 Å². The Morgan fingerprint density at radius 2 is 1.64 bits per heavy atom. The largest absolute Gasteiger partial charge is 0.490 e. The summed E-state index contributed by atoms with van der Waals surface area (Å²) in [7, 11) is 0. The number of nitrogens with two attached hydrogens (primary N) is 1. The Hall–Kier alpha value is -4.05. The predicted octanol–water partition coefficient (Wildman–Crippen LogP) is 6.24. The van der Waals surface area contributed by atoms with Gasteiger partial charge in [0.05, 0.1) is 11.1 Å². The van der Waals surface area contributed by atoms with Crippen molar-refractivity contribution < 1.29 is 23.9 Å². The molecular weight excluding hydrogens is 675 g/mol. The van der Waals surface area contributed by atoms with E-state index in [1.54, 1.807) is 0 Å². The molecule has 0 unspecified atom stereocenters. The van der Waals surface area contributed by atoms with Crippen LogP contribution >= 0.6 is 23.2 Å². The molecule has 3 amide bonds. The SMILES string of the molecule is Cc1cc(Cl)c(OCCOc2ccc(C3=C(C(=O)N(Cc4ccccc4Cl)C4CC4)[C@H]4CN(C(=O)CCCC(N)=O)C[C@@H](C3)N4)cc2)cc1C. The number of halogens is 2. The fourth-order valence-corrected chi connectivity index (χ4v) is 7.26. The second-order valence-electron chi connectivity index (χ2n) is 13.5. The molecule has 1 aliphatic carbocycles. The number of amides is 3. The Kier molecular flexibility index (Phi) is 11.4. The molecule has 0 spiro atoms. The van der Waals surface area contributed by atoms with Gasteiger partial charge in [0.25, 0.3) is 5.91 Å². The second-order valence-corrected chi connectivity index (χ2v) is 14.3. The Labute approximate surface area is 303 Å². The maximum Gasteiger partial charge on any atom is 0.252 e. The molecule has 0 radical (unpaired) electrons. The first-order valence-corrected chi connectivity index (χ1v) is 18.0. The molecule has 9 nitrogen and oxygen atoms in total. The molecule has 3 aromatic carbocycles. The van der Waals surface area contributed by atoms with E-state index in [-0.39, 0.29) is 42.8 Å². The molecular formula is C39H44Cl2N4O5. The minimum Gasteiger partial charge on any atom is -0.490 e. The molecule has 0 aromatic heterocycles. The Morgan fingerprint density at radius 1 is 0.920 bits per heavy atom. The summed E-state index contributed by atoms with van der Waals surface area (Å²) in [6, 6.07) is 19.1. The molecule has 2 fully saturated rings. The lowest BCUT2D eigenvalue weighted by molar-refractivity contribution is -0.134. The van der Waals surface area contributed by atoms with Gasteiger partial charge in [0.2, 0.25) is 11.8 Å². The minimum atomic E-state index is -0.416. The number of aryl methyl sites for hydroxylation is 2. The van der Waals surface area contributed by atoms with E-state index in [9.17, 15) is 14.4 Å². The molecule has 3 aliphatic rings. The molecule has 2 aliphatic heterocycles. The van der Waals surface area contributed by atoms with E-state index in [2.05, 4.69) is 5.32 Å². The van der Waals surface area contributed by atoms with Gasteiger partial charge >= 0.3 is 0 Å². The third-order valence-corrected chi connectivity index (χ3v) is 10.4. The number of hydrogen-bond donors (Lipinski definition) is 2. The summed E-state index contributed by atoms with van der Waals surface area (Å²) in [5, 5.41) is 4.86.